The van der Waals surface area contributed by atoms with Crippen molar-refractivity contribution in [2.45, 2.75) is 31.8 Å². The number of allylic oxidation sites excluding steroid dienone is 1. The highest BCUT2D eigenvalue weighted by molar-refractivity contribution is 4.98. The van der Waals surface area contributed by atoms with Gasteiger partial charge in [0, 0.05) is 0 Å². The number of aliphatic hydroxyl groups is 1. The van der Waals surface area contributed by atoms with Crippen LogP contribution in [0.2, 0.25) is 0 Å². The van der Waals surface area contributed by atoms with Crippen LogP contribution in [0.15, 0.2) is 12.7 Å². The molecule has 2 aliphatic carbocycles. The minimum absolute atomic E-state index is 0.0277. The zero-order valence-corrected chi connectivity index (χ0v) is 6.87. The number of fused-ring (bicyclic) bond motifs is 2. The molecule has 2 fully saturated rings. The van der Waals surface area contributed by atoms with Crippen molar-refractivity contribution < 1.29 is 5.11 Å². The Kier molecular flexibility index (Phi) is 1.76. The zero-order chi connectivity index (χ0) is 7.84. The Morgan fingerprint density at radius 3 is 2.73 bits per heavy atom. The molecule has 0 radical (unpaired) electrons. The van der Waals surface area contributed by atoms with E-state index < -0.39 is 0 Å². The molecule has 0 aromatic carbocycles. The van der Waals surface area contributed by atoms with Gasteiger partial charge in [0.2, 0.25) is 0 Å². The molecule has 1 heteroatoms. The molecule has 0 amide bonds. The van der Waals surface area contributed by atoms with Crippen LogP contribution in [0.5, 0.6) is 0 Å². The van der Waals surface area contributed by atoms with Gasteiger partial charge in [0.1, 0.15) is 0 Å². The summed E-state index contributed by atoms with van der Waals surface area (Å²) in [5, 5.41) is 9.69. The maximum Gasteiger partial charge on any atom is 0.0599 e. The smallest absolute Gasteiger partial charge is 0.0599 e. The summed E-state index contributed by atoms with van der Waals surface area (Å²) in [7, 11) is 0. The maximum absolute atomic E-state index is 9.69. The highest BCUT2D eigenvalue weighted by atomic mass is 16.3. The molecule has 2 saturated carbocycles. The van der Waals surface area contributed by atoms with Crippen molar-refractivity contribution in [1.82, 2.24) is 0 Å². The van der Waals surface area contributed by atoms with Crippen LogP contribution in [0.4, 0.5) is 0 Å². The largest absolute Gasteiger partial charge is 0.393 e. The molecular formula is C10H16O. The van der Waals surface area contributed by atoms with Crippen LogP contribution in [0.3, 0.4) is 0 Å². The summed E-state index contributed by atoms with van der Waals surface area (Å²) in [6.07, 6.45) is 6.90. The molecule has 0 aliphatic heterocycles. The normalized spacial score (nSPS) is 48.1. The van der Waals surface area contributed by atoms with Gasteiger partial charge in [-0.2, -0.15) is 0 Å². The second-order valence-electron chi connectivity index (χ2n) is 4.01. The van der Waals surface area contributed by atoms with Crippen molar-refractivity contribution in [2.24, 2.45) is 17.8 Å². The minimum Gasteiger partial charge on any atom is -0.393 e. The first-order valence-electron chi connectivity index (χ1n) is 4.62. The minimum atomic E-state index is 0.0277. The quantitative estimate of drug-likeness (QED) is 0.600. The Morgan fingerprint density at radius 2 is 2.27 bits per heavy atom. The Hall–Kier alpha value is -0.300. The molecule has 11 heavy (non-hydrogen) atoms. The van der Waals surface area contributed by atoms with Gasteiger partial charge in [0.05, 0.1) is 6.10 Å². The Morgan fingerprint density at radius 1 is 1.45 bits per heavy atom. The third kappa shape index (κ3) is 1.02. The zero-order valence-electron chi connectivity index (χ0n) is 6.87. The second kappa shape index (κ2) is 2.63. The Balaban J connectivity index is 2.02. The number of hydrogen-bond acceptors (Lipinski definition) is 1. The lowest BCUT2D eigenvalue weighted by Gasteiger charge is -2.19. The molecule has 2 bridgehead atoms. The van der Waals surface area contributed by atoms with E-state index in [2.05, 4.69) is 6.58 Å². The van der Waals surface area contributed by atoms with E-state index in [0.717, 1.165) is 12.3 Å². The molecule has 1 nitrogen and oxygen atoms in total. The first kappa shape index (κ1) is 7.35. The lowest BCUT2D eigenvalue weighted by Crippen LogP contribution is -2.15. The predicted molar refractivity (Wildman–Crippen MR) is 45.1 cm³/mol. The summed E-state index contributed by atoms with van der Waals surface area (Å²) in [6.45, 7) is 3.75. The number of rotatable bonds is 2. The van der Waals surface area contributed by atoms with Gasteiger partial charge in [-0.05, 0) is 43.4 Å². The molecule has 0 saturated heterocycles. The summed E-state index contributed by atoms with van der Waals surface area (Å²) >= 11 is 0. The van der Waals surface area contributed by atoms with Gasteiger partial charge in [0.15, 0.2) is 0 Å². The van der Waals surface area contributed by atoms with Gasteiger partial charge in [-0.25, -0.2) is 0 Å². The monoisotopic (exact) mass is 152 g/mol. The van der Waals surface area contributed by atoms with Crippen molar-refractivity contribution in [1.29, 1.82) is 0 Å². The highest BCUT2D eigenvalue weighted by Crippen LogP contribution is 2.49. The Labute approximate surface area is 68.1 Å². The van der Waals surface area contributed by atoms with E-state index in [9.17, 15) is 5.11 Å². The van der Waals surface area contributed by atoms with E-state index in [1.807, 2.05) is 6.08 Å². The second-order valence-corrected chi connectivity index (χ2v) is 4.01. The average molecular weight is 152 g/mol. The third-order valence-electron chi connectivity index (χ3n) is 3.47. The van der Waals surface area contributed by atoms with Crippen LogP contribution in [0, 0.1) is 17.8 Å². The first-order valence-corrected chi connectivity index (χ1v) is 4.62. The van der Waals surface area contributed by atoms with Crippen LogP contribution in [-0.4, -0.2) is 11.2 Å². The van der Waals surface area contributed by atoms with E-state index in [0.29, 0.717) is 11.8 Å². The van der Waals surface area contributed by atoms with E-state index >= 15 is 0 Å². The van der Waals surface area contributed by atoms with Crippen molar-refractivity contribution in [3.63, 3.8) is 0 Å². The molecule has 0 spiro atoms. The summed E-state index contributed by atoms with van der Waals surface area (Å²) in [6, 6.07) is 0. The number of aliphatic hydroxyl groups excluding tert-OH is 1. The van der Waals surface area contributed by atoms with Gasteiger partial charge in [-0.15, -0.1) is 6.58 Å². The molecule has 2 aliphatic rings. The average Bonchev–Trinajstić information content (AvgIpc) is 2.47. The summed E-state index contributed by atoms with van der Waals surface area (Å²) in [4.78, 5) is 0. The maximum atomic E-state index is 9.69. The number of hydrogen-bond donors (Lipinski definition) is 1. The SMILES string of the molecule is C=CC[C@@H]1C[C@H]2CC[C@@H]1C2O. The summed E-state index contributed by atoms with van der Waals surface area (Å²) in [5.74, 6) is 1.99. The molecule has 0 aromatic heterocycles. The van der Waals surface area contributed by atoms with Crippen molar-refractivity contribution in [2.75, 3.05) is 0 Å². The predicted octanol–water partition coefficient (Wildman–Crippen LogP) is 1.97. The lowest BCUT2D eigenvalue weighted by atomic mass is 9.86. The van der Waals surface area contributed by atoms with E-state index in [-0.39, 0.29) is 6.10 Å². The van der Waals surface area contributed by atoms with Crippen LogP contribution in [0.1, 0.15) is 25.7 Å². The molecule has 1 N–H and O–H groups in total. The molecule has 0 heterocycles. The lowest BCUT2D eigenvalue weighted by molar-refractivity contribution is 0.120. The molecular weight excluding hydrogens is 136 g/mol. The van der Waals surface area contributed by atoms with Crippen molar-refractivity contribution >= 4 is 0 Å². The topological polar surface area (TPSA) is 20.2 Å². The molecule has 0 aromatic rings. The Bertz CT molecular complexity index is 164. The molecule has 4 atom stereocenters. The van der Waals surface area contributed by atoms with Crippen LogP contribution in [0.25, 0.3) is 0 Å². The summed E-state index contributed by atoms with van der Waals surface area (Å²) in [5.41, 5.74) is 0. The van der Waals surface area contributed by atoms with Crippen molar-refractivity contribution in [3.8, 4) is 0 Å². The van der Waals surface area contributed by atoms with Crippen molar-refractivity contribution in [3.05, 3.63) is 12.7 Å². The van der Waals surface area contributed by atoms with Crippen LogP contribution in [-0.2, 0) is 0 Å². The van der Waals surface area contributed by atoms with Crippen LogP contribution >= 0.6 is 0 Å². The fourth-order valence-electron chi connectivity index (χ4n) is 2.92. The molecule has 1 unspecified atom stereocenters. The van der Waals surface area contributed by atoms with Gasteiger partial charge < -0.3 is 5.11 Å². The summed E-state index contributed by atoms with van der Waals surface area (Å²) < 4.78 is 0. The van der Waals surface area contributed by atoms with Crippen LogP contribution < -0.4 is 0 Å². The van der Waals surface area contributed by atoms with Gasteiger partial charge in [-0.1, -0.05) is 6.08 Å². The first-order chi connectivity index (χ1) is 5.33. The third-order valence-corrected chi connectivity index (χ3v) is 3.47. The molecule has 62 valence electrons. The van der Waals surface area contributed by atoms with E-state index in [1.165, 1.54) is 19.3 Å². The standard InChI is InChI=1S/C10H16O/c1-2-3-7-6-8-4-5-9(7)10(8)11/h2,7-11H,1,3-6H2/t7-,8-,9+,10?/m1/s1. The fourth-order valence-corrected chi connectivity index (χ4v) is 2.92. The fraction of sp³-hybridized carbons (Fsp3) is 0.800. The molecule has 2 rings (SSSR count). The van der Waals surface area contributed by atoms with Gasteiger partial charge >= 0.3 is 0 Å². The highest BCUT2D eigenvalue weighted by Gasteiger charge is 2.46. The van der Waals surface area contributed by atoms with Gasteiger partial charge in [0.25, 0.3) is 0 Å². The van der Waals surface area contributed by atoms with E-state index in [1.54, 1.807) is 0 Å². The van der Waals surface area contributed by atoms with Gasteiger partial charge in [-0.3, -0.25) is 0 Å². The van der Waals surface area contributed by atoms with E-state index in [4.69, 9.17) is 0 Å².